The Morgan fingerprint density at radius 2 is 2.19 bits per heavy atom. The van der Waals surface area contributed by atoms with Gasteiger partial charge in [-0.25, -0.2) is 0 Å². The highest BCUT2D eigenvalue weighted by Crippen LogP contribution is 2.13. The zero-order valence-electron chi connectivity index (χ0n) is 9.10. The van der Waals surface area contributed by atoms with E-state index in [2.05, 4.69) is 0 Å². The van der Waals surface area contributed by atoms with Crippen LogP contribution in [0.25, 0.3) is 0 Å². The van der Waals surface area contributed by atoms with Crippen molar-refractivity contribution in [1.29, 1.82) is 0 Å². The van der Waals surface area contributed by atoms with Gasteiger partial charge >= 0.3 is 0 Å². The molecule has 1 aromatic rings. The Morgan fingerprint density at radius 1 is 1.56 bits per heavy atom. The maximum Gasteiger partial charge on any atom is 0.288 e. The number of carbonyl (C=O) groups excluding carboxylic acids is 1. The van der Waals surface area contributed by atoms with E-state index >= 15 is 0 Å². The van der Waals surface area contributed by atoms with E-state index in [-0.39, 0.29) is 18.0 Å². The van der Waals surface area contributed by atoms with Gasteiger partial charge < -0.3 is 4.57 Å². The van der Waals surface area contributed by atoms with Crippen LogP contribution in [0.1, 0.15) is 18.9 Å². The van der Waals surface area contributed by atoms with Crippen molar-refractivity contribution in [3.05, 3.63) is 38.3 Å². The molecule has 0 fully saturated rings. The van der Waals surface area contributed by atoms with Gasteiger partial charge in [-0.2, -0.15) is 0 Å². The van der Waals surface area contributed by atoms with Gasteiger partial charge in [0.05, 0.1) is 17.7 Å². The Hall–Kier alpha value is -1.98. The van der Waals surface area contributed by atoms with Gasteiger partial charge in [-0.05, 0) is 6.92 Å². The first kappa shape index (κ1) is 12.1. The Balaban J connectivity index is 3.20. The number of aryl methyl sites for hydroxylation is 1. The first-order valence-corrected chi connectivity index (χ1v) is 4.83. The standard InChI is InChI=1S/C10H12N2O4/c1-3-8(13)5-11-6-9(12(15)16)7(2)4-10(11)14/h4,6H,3,5H2,1-2H3. The smallest absolute Gasteiger partial charge is 0.288 e. The zero-order chi connectivity index (χ0) is 12.3. The summed E-state index contributed by atoms with van der Waals surface area (Å²) in [6, 6.07) is 1.17. The largest absolute Gasteiger partial charge is 0.301 e. The molecule has 0 saturated heterocycles. The molecule has 6 heteroatoms. The topological polar surface area (TPSA) is 82.2 Å². The lowest BCUT2D eigenvalue weighted by Gasteiger charge is -2.04. The quantitative estimate of drug-likeness (QED) is 0.565. The number of rotatable bonds is 4. The van der Waals surface area contributed by atoms with E-state index in [1.165, 1.54) is 13.0 Å². The molecule has 0 aliphatic heterocycles. The predicted molar refractivity (Wildman–Crippen MR) is 57.4 cm³/mol. The van der Waals surface area contributed by atoms with Crippen LogP contribution in [0.3, 0.4) is 0 Å². The van der Waals surface area contributed by atoms with E-state index in [0.717, 1.165) is 10.8 Å². The third-order valence-corrected chi connectivity index (χ3v) is 2.24. The lowest BCUT2D eigenvalue weighted by atomic mass is 10.2. The van der Waals surface area contributed by atoms with Crippen LogP contribution in [0.5, 0.6) is 0 Å². The molecule has 0 aliphatic carbocycles. The van der Waals surface area contributed by atoms with E-state index in [1.807, 2.05) is 0 Å². The minimum atomic E-state index is -0.568. The number of hydrogen-bond acceptors (Lipinski definition) is 4. The maximum absolute atomic E-state index is 11.5. The summed E-state index contributed by atoms with van der Waals surface area (Å²) >= 11 is 0. The number of hydrogen-bond donors (Lipinski definition) is 0. The van der Waals surface area contributed by atoms with Crippen molar-refractivity contribution in [3.63, 3.8) is 0 Å². The van der Waals surface area contributed by atoms with Crippen LogP contribution in [0, 0.1) is 17.0 Å². The summed E-state index contributed by atoms with van der Waals surface area (Å²) in [4.78, 5) is 32.7. The summed E-state index contributed by atoms with van der Waals surface area (Å²) in [6.07, 6.45) is 1.42. The predicted octanol–water partition coefficient (Wildman–Crippen LogP) is 1.04. The van der Waals surface area contributed by atoms with Crippen LogP contribution in [-0.4, -0.2) is 15.3 Å². The molecule has 1 aromatic heterocycles. The molecule has 16 heavy (non-hydrogen) atoms. The molecule has 0 radical (unpaired) electrons. The van der Waals surface area contributed by atoms with Crippen LogP contribution in [0.15, 0.2) is 17.1 Å². The lowest BCUT2D eigenvalue weighted by molar-refractivity contribution is -0.385. The molecular weight excluding hydrogens is 212 g/mol. The summed E-state index contributed by atoms with van der Waals surface area (Å²) in [5.74, 6) is -0.139. The molecule has 0 aliphatic rings. The fourth-order valence-corrected chi connectivity index (χ4v) is 1.27. The molecule has 0 N–H and O–H groups in total. The van der Waals surface area contributed by atoms with E-state index in [1.54, 1.807) is 6.92 Å². The summed E-state index contributed by atoms with van der Waals surface area (Å²) in [7, 11) is 0. The molecule has 1 rings (SSSR count). The van der Waals surface area contributed by atoms with E-state index in [4.69, 9.17) is 0 Å². The normalized spacial score (nSPS) is 10.1. The molecule has 0 spiro atoms. The number of carbonyl (C=O) groups is 1. The molecule has 6 nitrogen and oxygen atoms in total. The van der Waals surface area contributed by atoms with Crippen LogP contribution in [0.4, 0.5) is 5.69 Å². The average molecular weight is 224 g/mol. The number of ketones is 1. The van der Waals surface area contributed by atoms with Gasteiger partial charge in [-0.1, -0.05) is 6.92 Å². The zero-order valence-corrected chi connectivity index (χ0v) is 9.10. The molecule has 0 aromatic carbocycles. The molecule has 0 atom stereocenters. The number of nitrogens with zero attached hydrogens (tertiary/aromatic N) is 2. The van der Waals surface area contributed by atoms with Gasteiger partial charge in [0, 0.05) is 18.1 Å². The molecule has 0 amide bonds. The Labute approximate surface area is 91.7 Å². The molecule has 0 unspecified atom stereocenters. The summed E-state index contributed by atoms with van der Waals surface area (Å²) in [6.45, 7) is 3.05. The highest BCUT2D eigenvalue weighted by Gasteiger charge is 2.14. The second kappa shape index (κ2) is 4.69. The highest BCUT2D eigenvalue weighted by atomic mass is 16.6. The number of aromatic nitrogens is 1. The van der Waals surface area contributed by atoms with Crippen molar-refractivity contribution < 1.29 is 9.72 Å². The molecule has 0 saturated carbocycles. The van der Waals surface area contributed by atoms with E-state index in [0.29, 0.717) is 12.0 Å². The summed E-state index contributed by atoms with van der Waals surface area (Å²) in [5, 5.41) is 10.6. The van der Waals surface area contributed by atoms with Crippen LogP contribution in [-0.2, 0) is 11.3 Å². The van der Waals surface area contributed by atoms with Gasteiger partial charge in [0.2, 0.25) is 0 Å². The first-order valence-electron chi connectivity index (χ1n) is 4.83. The fourth-order valence-electron chi connectivity index (χ4n) is 1.27. The number of pyridine rings is 1. The number of nitro groups is 1. The fraction of sp³-hybridized carbons (Fsp3) is 0.400. The van der Waals surface area contributed by atoms with Crippen molar-refractivity contribution >= 4 is 11.5 Å². The van der Waals surface area contributed by atoms with Crippen molar-refractivity contribution in [2.45, 2.75) is 26.8 Å². The molecule has 0 bridgehead atoms. The minimum absolute atomic E-state index is 0.115. The van der Waals surface area contributed by atoms with E-state index < -0.39 is 10.5 Å². The molecular formula is C10H12N2O4. The van der Waals surface area contributed by atoms with Crippen molar-refractivity contribution in [1.82, 2.24) is 4.57 Å². The summed E-state index contributed by atoms with van der Waals surface area (Å²) in [5.41, 5.74) is -0.247. The van der Waals surface area contributed by atoms with Crippen LogP contribution in [0.2, 0.25) is 0 Å². The summed E-state index contributed by atoms with van der Waals surface area (Å²) < 4.78 is 1.07. The Morgan fingerprint density at radius 3 is 2.69 bits per heavy atom. The van der Waals surface area contributed by atoms with Crippen molar-refractivity contribution in [2.75, 3.05) is 0 Å². The maximum atomic E-state index is 11.5. The Kier molecular flexibility index (Phi) is 3.55. The van der Waals surface area contributed by atoms with Gasteiger partial charge in [0.1, 0.15) is 0 Å². The lowest BCUT2D eigenvalue weighted by Crippen LogP contribution is -2.23. The van der Waals surface area contributed by atoms with Crippen LogP contribution < -0.4 is 5.56 Å². The van der Waals surface area contributed by atoms with Gasteiger partial charge in [0.15, 0.2) is 5.78 Å². The number of Topliss-reactive ketones (excluding diaryl/α,β-unsaturated/α-hetero) is 1. The highest BCUT2D eigenvalue weighted by molar-refractivity contribution is 5.77. The first-order chi connectivity index (χ1) is 7.45. The van der Waals surface area contributed by atoms with Crippen molar-refractivity contribution in [2.24, 2.45) is 0 Å². The van der Waals surface area contributed by atoms with Gasteiger partial charge in [0.25, 0.3) is 11.2 Å². The average Bonchev–Trinajstić information content (AvgIpc) is 2.21. The Bertz CT molecular complexity index is 490. The second-order valence-corrected chi connectivity index (χ2v) is 3.46. The SMILES string of the molecule is CCC(=O)Cn1cc([N+](=O)[O-])c(C)cc1=O. The minimum Gasteiger partial charge on any atom is -0.301 e. The monoisotopic (exact) mass is 224 g/mol. The van der Waals surface area contributed by atoms with Crippen LogP contribution >= 0.6 is 0 Å². The molecule has 86 valence electrons. The second-order valence-electron chi connectivity index (χ2n) is 3.46. The van der Waals surface area contributed by atoms with E-state index in [9.17, 15) is 19.7 Å². The third kappa shape index (κ3) is 2.53. The van der Waals surface area contributed by atoms with Gasteiger partial charge in [-0.15, -0.1) is 0 Å². The van der Waals surface area contributed by atoms with Gasteiger partial charge in [-0.3, -0.25) is 19.7 Å². The van der Waals surface area contributed by atoms with Crippen molar-refractivity contribution in [3.8, 4) is 0 Å². The molecule has 1 heterocycles. The third-order valence-electron chi connectivity index (χ3n) is 2.24.